The molecule has 1 heterocycles. The van der Waals surface area contributed by atoms with Gasteiger partial charge in [0.05, 0.1) is 5.71 Å². The second kappa shape index (κ2) is 1.91. The number of primary amides is 1. The normalized spacial score (nSPS) is 30.4. The smallest absolute Gasteiger partial charge is 0.316 e. The van der Waals surface area contributed by atoms with Gasteiger partial charge in [-0.25, -0.2) is 4.79 Å². The Kier molecular flexibility index (Phi) is 1.33. The first-order valence-corrected chi connectivity index (χ1v) is 2.97. The van der Waals surface area contributed by atoms with Crippen LogP contribution in [0.1, 0.15) is 6.92 Å². The molecule has 2 N–H and O–H groups in total. The number of allylic oxidation sites excluding steroid dienone is 1. The third kappa shape index (κ3) is 0.930. The van der Waals surface area contributed by atoms with Crippen LogP contribution in [0.4, 0.5) is 4.79 Å². The predicted octanol–water partition coefficient (Wildman–Crippen LogP) is 0.415. The van der Waals surface area contributed by atoms with E-state index >= 15 is 0 Å². The molecule has 0 bridgehead atoms. The van der Waals surface area contributed by atoms with Gasteiger partial charge in [-0.1, -0.05) is 9.69 Å². The second-order valence-electron chi connectivity index (χ2n) is 2.42. The molecule has 0 aromatic carbocycles. The molecular formula is C6H10N3O+. The summed E-state index contributed by atoms with van der Waals surface area (Å²) in [4.78, 5) is 10.7. The number of quaternary nitrogens is 1. The van der Waals surface area contributed by atoms with Crippen molar-refractivity contribution < 1.29 is 9.39 Å². The summed E-state index contributed by atoms with van der Waals surface area (Å²) >= 11 is 0. The molecular weight excluding hydrogens is 130 g/mol. The van der Waals surface area contributed by atoms with Crippen molar-refractivity contribution in [1.29, 1.82) is 0 Å². The van der Waals surface area contributed by atoms with Crippen molar-refractivity contribution in [1.82, 2.24) is 0 Å². The summed E-state index contributed by atoms with van der Waals surface area (Å²) < 4.78 is -0.161. The van der Waals surface area contributed by atoms with E-state index in [0.29, 0.717) is 0 Å². The van der Waals surface area contributed by atoms with E-state index in [1.807, 2.05) is 6.92 Å². The standard InChI is InChI=1S/C6H9N3O/c1-5-3-4-9(2,8-5)6(7)10/h3-4H,1-2H3,(H-,7,10)/p+1. The van der Waals surface area contributed by atoms with E-state index in [1.54, 1.807) is 19.3 Å². The van der Waals surface area contributed by atoms with E-state index in [4.69, 9.17) is 5.73 Å². The van der Waals surface area contributed by atoms with E-state index in [9.17, 15) is 4.79 Å². The van der Waals surface area contributed by atoms with Crippen LogP contribution in [0, 0.1) is 0 Å². The number of carbonyl (C=O) groups excluding carboxylic acids is 1. The zero-order chi connectivity index (χ0) is 7.78. The van der Waals surface area contributed by atoms with Gasteiger partial charge in [0.2, 0.25) is 0 Å². The van der Waals surface area contributed by atoms with Crippen molar-refractivity contribution in [3.63, 3.8) is 0 Å². The van der Waals surface area contributed by atoms with Crippen LogP contribution in [0.25, 0.3) is 0 Å². The van der Waals surface area contributed by atoms with E-state index in [2.05, 4.69) is 5.10 Å². The van der Waals surface area contributed by atoms with Crippen LogP contribution < -0.4 is 5.73 Å². The monoisotopic (exact) mass is 140 g/mol. The number of hydrogen-bond acceptors (Lipinski definition) is 2. The van der Waals surface area contributed by atoms with Crippen LogP contribution in [0.2, 0.25) is 0 Å². The van der Waals surface area contributed by atoms with E-state index in [1.165, 1.54) is 0 Å². The molecule has 1 aliphatic rings. The Hall–Kier alpha value is -1.16. The SMILES string of the molecule is CC1=N[N+](C)(C(N)=O)C=C1. The molecule has 0 aromatic rings. The van der Waals surface area contributed by atoms with E-state index in [0.717, 1.165) is 5.71 Å². The molecule has 0 fully saturated rings. The fourth-order valence-electron chi connectivity index (χ4n) is 0.770. The average molecular weight is 140 g/mol. The molecule has 1 atom stereocenters. The van der Waals surface area contributed by atoms with Gasteiger partial charge in [-0.3, -0.25) is 0 Å². The number of rotatable bonds is 0. The number of carbonyl (C=O) groups is 1. The van der Waals surface area contributed by atoms with Crippen molar-refractivity contribution in [3.8, 4) is 0 Å². The van der Waals surface area contributed by atoms with Crippen LogP contribution in [0.3, 0.4) is 0 Å². The van der Waals surface area contributed by atoms with Crippen molar-refractivity contribution in [2.45, 2.75) is 6.92 Å². The topological polar surface area (TPSA) is 55.4 Å². The van der Waals surface area contributed by atoms with Crippen LogP contribution in [0.15, 0.2) is 17.4 Å². The quantitative estimate of drug-likeness (QED) is 0.487. The molecule has 1 unspecified atom stereocenters. The maximum Gasteiger partial charge on any atom is 0.445 e. The van der Waals surface area contributed by atoms with Gasteiger partial charge < -0.3 is 5.73 Å². The average Bonchev–Trinajstić information content (AvgIpc) is 2.13. The van der Waals surface area contributed by atoms with Crippen LogP contribution in [-0.2, 0) is 0 Å². The second-order valence-corrected chi connectivity index (χ2v) is 2.42. The molecule has 1 aliphatic heterocycles. The molecule has 0 aromatic heterocycles. The summed E-state index contributed by atoms with van der Waals surface area (Å²) in [6.45, 7) is 1.82. The van der Waals surface area contributed by atoms with Crippen LogP contribution >= 0.6 is 0 Å². The molecule has 4 nitrogen and oxygen atoms in total. The minimum atomic E-state index is -0.465. The van der Waals surface area contributed by atoms with Crippen molar-refractivity contribution in [2.75, 3.05) is 7.05 Å². The lowest BCUT2D eigenvalue weighted by Gasteiger charge is -2.12. The number of hydrogen-bond donors (Lipinski definition) is 1. The first-order chi connectivity index (χ1) is 4.54. The Bertz CT molecular complexity index is 231. The molecule has 10 heavy (non-hydrogen) atoms. The predicted molar refractivity (Wildman–Crippen MR) is 38.0 cm³/mol. The summed E-state index contributed by atoms with van der Waals surface area (Å²) in [5.74, 6) is 0. The highest BCUT2D eigenvalue weighted by Crippen LogP contribution is 2.11. The highest BCUT2D eigenvalue weighted by Gasteiger charge is 2.30. The maximum absolute atomic E-state index is 10.7. The fraction of sp³-hybridized carbons (Fsp3) is 0.333. The van der Waals surface area contributed by atoms with Gasteiger partial charge in [0.1, 0.15) is 13.2 Å². The molecule has 54 valence electrons. The van der Waals surface area contributed by atoms with Crippen LogP contribution in [0.5, 0.6) is 0 Å². The molecule has 4 heteroatoms. The summed E-state index contributed by atoms with van der Waals surface area (Å²) in [7, 11) is 1.63. The first-order valence-electron chi connectivity index (χ1n) is 2.97. The number of nitrogens with two attached hydrogens (primary N) is 1. The maximum atomic E-state index is 10.7. The van der Waals surface area contributed by atoms with E-state index in [-0.39, 0.29) is 4.59 Å². The largest absolute Gasteiger partial charge is 0.445 e. The highest BCUT2D eigenvalue weighted by atomic mass is 16.2. The third-order valence-corrected chi connectivity index (χ3v) is 1.42. The number of nitrogens with zero attached hydrogens (tertiary/aromatic N) is 2. The van der Waals surface area contributed by atoms with Gasteiger partial charge in [0.25, 0.3) is 0 Å². The lowest BCUT2D eigenvalue weighted by Crippen LogP contribution is -2.42. The van der Waals surface area contributed by atoms with Gasteiger partial charge in [0, 0.05) is 6.08 Å². The fourth-order valence-corrected chi connectivity index (χ4v) is 0.770. The minimum Gasteiger partial charge on any atom is -0.316 e. The Morgan fingerprint density at radius 3 is 2.60 bits per heavy atom. The molecule has 0 saturated carbocycles. The summed E-state index contributed by atoms with van der Waals surface area (Å²) in [5.41, 5.74) is 5.89. The Labute approximate surface area is 59.2 Å². The summed E-state index contributed by atoms with van der Waals surface area (Å²) in [6.07, 6.45) is 3.42. The Balaban J connectivity index is 2.95. The van der Waals surface area contributed by atoms with Gasteiger partial charge in [-0.2, -0.15) is 0 Å². The third-order valence-electron chi connectivity index (χ3n) is 1.42. The molecule has 0 spiro atoms. The van der Waals surface area contributed by atoms with Gasteiger partial charge in [-0.05, 0) is 6.92 Å². The Morgan fingerprint density at radius 2 is 2.40 bits per heavy atom. The van der Waals surface area contributed by atoms with Crippen LogP contribution in [-0.4, -0.2) is 23.4 Å². The highest BCUT2D eigenvalue weighted by molar-refractivity contribution is 5.93. The molecule has 0 saturated heterocycles. The minimum absolute atomic E-state index is 0.161. The van der Waals surface area contributed by atoms with Gasteiger partial charge in [-0.15, -0.1) is 0 Å². The molecule has 2 amide bonds. The molecule has 0 radical (unpaired) electrons. The van der Waals surface area contributed by atoms with Crippen molar-refractivity contribution in [2.24, 2.45) is 10.8 Å². The molecule has 0 aliphatic carbocycles. The lowest BCUT2D eigenvalue weighted by atomic mass is 10.4. The zero-order valence-corrected chi connectivity index (χ0v) is 6.03. The van der Waals surface area contributed by atoms with Gasteiger partial charge in [0.15, 0.2) is 0 Å². The first kappa shape index (κ1) is 6.95. The summed E-state index contributed by atoms with van der Waals surface area (Å²) in [6, 6.07) is -0.465. The lowest BCUT2D eigenvalue weighted by molar-refractivity contribution is -0.779. The zero-order valence-electron chi connectivity index (χ0n) is 6.03. The summed E-state index contributed by atoms with van der Waals surface area (Å²) in [5, 5.41) is 3.99. The van der Waals surface area contributed by atoms with E-state index < -0.39 is 6.03 Å². The number of urea groups is 1. The molecule has 1 rings (SSSR count). The van der Waals surface area contributed by atoms with Crippen molar-refractivity contribution in [3.05, 3.63) is 12.3 Å². The van der Waals surface area contributed by atoms with Gasteiger partial charge >= 0.3 is 6.03 Å². The Morgan fingerprint density at radius 1 is 1.80 bits per heavy atom. The van der Waals surface area contributed by atoms with Crippen molar-refractivity contribution >= 4 is 11.7 Å². The number of amides is 2.